The molecule has 1 heterocycles. The first kappa shape index (κ1) is 19.5. The van der Waals surface area contributed by atoms with Crippen molar-refractivity contribution in [1.29, 1.82) is 0 Å². The molecule has 0 aliphatic carbocycles. The normalized spacial score (nSPS) is 17.4. The van der Waals surface area contributed by atoms with Gasteiger partial charge in [0.1, 0.15) is 12.4 Å². The molecule has 1 aromatic rings. The second-order valence-electron chi connectivity index (χ2n) is 6.17. The van der Waals surface area contributed by atoms with Crippen LogP contribution in [0.1, 0.15) is 36.0 Å². The standard InChI is InChI=1S/C18H24ClNO5/c1-24-9-10-25-16-6-5-14(19)11-15(16)18(23)20-8-2-3-13(12-20)4-7-17(21)22/h5-6,11,13H,2-4,7-10,12H2,1H3,(H,21,22). The van der Waals surface area contributed by atoms with Gasteiger partial charge in [0.15, 0.2) is 0 Å². The molecule has 0 radical (unpaired) electrons. The Morgan fingerprint density at radius 2 is 2.16 bits per heavy atom. The van der Waals surface area contributed by atoms with Crippen molar-refractivity contribution in [3.05, 3.63) is 28.8 Å². The number of methoxy groups -OCH3 is 1. The minimum absolute atomic E-state index is 0.130. The van der Waals surface area contributed by atoms with Crippen molar-refractivity contribution in [3.63, 3.8) is 0 Å². The molecule has 138 valence electrons. The van der Waals surface area contributed by atoms with Crippen molar-refractivity contribution < 1.29 is 24.2 Å². The molecule has 1 aromatic carbocycles. The van der Waals surface area contributed by atoms with Gasteiger partial charge in [0.2, 0.25) is 0 Å². The number of rotatable bonds is 8. The molecule has 0 aromatic heterocycles. The first-order valence-electron chi connectivity index (χ1n) is 8.43. The van der Waals surface area contributed by atoms with Crippen LogP contribution in [-0.4, -0.2) is 55.3 Å². The third-order valence-corrected chi connectivity index (χ3v) is 4.52. The fraction of sp³-hybridized carbons (Fsp3) is 0.556. The second-order valence-corrected chi connectivity index (χ2v) is 6.61. The van der Waals surface area contributed by atoms with Gasteiger partial charge in [-0.3, -0.25) is 9.59 Å². The topological polar surface area (TPSA) is 76.1 Å². The van der Waals surface area contributed by atoms with E-state index in [0.29, 0.717) is 49.1 Å². The van der Waals surface area contributed by atoms with Crippen LogP contribution in [0.5, 0.6) is 5.75 Å². The first-order valence-corrected chi connectivity index (χ1v) is 8.81. The molecule has 1 aliphatic rings. The number of carboxylic acid groups (broad SMARTS) is 1. The zero-order valence-electron chi connectivity index (χ0n) is 14.4. The van der Waals surface area contributed by atoms with Crippen LogP contribution in [0, 0.1) is 5.92 Å². The molecule has 25 heavy (non-hydrogen) atoms. The third kappa shape index (κ3) is 5.90. The van der Waals surface area contributed by atoms with Gasteiger partial charge in [-0.2, -0.15) is 0 Å². The van der Waals surface area contributed by atoms with Gasteiger partial charge in [-0.15, -0.1) is 0 Å². The average Bonchev–Trinajstić information content (AvgIpc) is 2.61. The summed E-state index contributed by atoms with van der Waals surface area (Å²) in [6, 6.07) is 5.00. The lowest BCUT2D eigenvalue weighted by Crippen LogP contribution is -2.40. The maximum atomic E-state index is 12.9. The Bertz CT molecular complexity index is 607. The summed E-state index contributed by atoms with van der Waals surface area (Å²) in [6.07, 6.45) is 2.54. The summed E-state index contributed by atoms with van der Waals surface area (Å²) in [5.74, 6) is -0.230. The lowest BCUT2D eigenvalue weighted by atomic mass is 9.93. The third-order valence-electron chi connectivity index (χ3n) is 4.29. The van der Waals surface area contributed by atoms with Gasteiger partial charge in [-0.1, -0.05) is 11.6 Å². The van der Waals surface area contributed by atoms with E-state index in [4.69, 9.17) is 26.2 Å². The van der Waals surface area contributed by atoms with E-state index in [0.717, 1.165) is 12.8 Å². The van der Waals surface area contributed by atoms with Gasteiger partial charge in [-0.05, 0) is 43.4 Å². The molecule has 1 aliphatic heterocycles. The maximum Gasteiger partial charge on any atom is 0.303 e. The van der Waals surface area contributed by atoms with E-state index >= 15 is 0 Å². The number of piperidine rings is 1. The largest absolute Gasteiger partial charge is 0.490 e. The van der Waals surface area contributed by atoms with Crippen molar-refractivity contribution in [2.45, 2.75) is 25.7 Å². The lowest BCUT2D eigenvalue weighted by molar-refractivity contribution is -0.137. The number of halogens is 1. The lowest BCUT2D eigenvalue weighted by Gasteiger charge is -2.33. The summed E-state index contributed by atoms with van der Waals surface area (Å²) in [7, 11) is 1.59. The fourth-order valence-electron chi connectivity index (χ4n) is 3.01. The minimum atomic E-state index is -0.799. The smallest absolute Gasteiger partial charge is 0.303 e. The second kappa shape index (κ2) is 9.63. The molecule has 1 saturated heterocycles. The van der Waals surface area contributed by atoms with Crippen LogP contribution in [0.2, 0.25) is 5.02 Å². The molecule has 1 amide bonds. The Labute approximate surface area is 152 Å². The number of benzene rings is 1. The number of carboxylic acids is 1. The molecule has 1 fully saturated rings. The van der Waals surface area contributed by atoms with Gasteiger partial charge >= 0.3 is 5.97 Å². The van der Waals surface area contributed by atoms with Crippen molar-refractivity contribution in [3.8, 4) is 5.75 Å². The Balaban J connectivity index is 2.07. The van der Waals surface area contributed by atoms with E-state index in [-0.39, 0.29) is 18.2 Å². The highest BCUT2D eigenvalue weighted by Crippen LogP contribution is 2.28. The number of nitrogens with zero attached hydrogens (tertiary/aromatic N) is 1. The van der Waals surface area contributed by atoms with E-state index in [1.54, 1.807) is 30.2 Å². The Morgan fingerprint density at radius 3 is 2.88 bits per heavy atom. The Kier molecular flexibility index (Phi) is 7.52. The molecule has 0 spiro atoms. The first-order chi connectivity index (χ1) is 12.0. The van der Waals surface area contributed by atoms with Crippen LogP contribution in [0.4, 0.5) is 0 Å². The summed E-state index contributed by atoms with van der Waals surface area (Å²) in [5.41, 5.74) is 0.433. The number of aliphatic carboxylic acids is 1. The van der Waals surface area contributed by atoms with Crippen LogP contribution in [0.25, 0.3) is 0 Å². The molecular weight excluding hydrogens is 346 g/mol. The van der Waals surface area contributed by atoms with E-state index in [2.05, 4.69) is 0 Å². The van der Waals surface area contributed by atoms with Gasteiger partial charge < -0.3 is 19.5 Å². The van der Waals surface area contributed by atoms with Gasteiger partial charge in [-0.25, -0.2) is 0 Å². The average molecular weight is 370 g/mol. The van der Waals surface area contributed by atoms with Crippen molar-refractivity contribution >= 4 is 23.5 Å². The summed E-state index contributed by atoms with van der Waals surface area (Å²) in [5, 5.41) is 9.32. The van der Waals surface area contributed by atoms with Crippen molar-refractivity contribution in [2.24, 2.45) is 5.92 Å². The van der Waals surface area contributed by atoms with Crippen LogP contribution in [0.15, 0.2) is 18.2 Å². The highest BCUT2D eigenvalue weighted by atomic mass is 35.5. The molecule has 1 N–H and O–H groups in total. The minimum Gasteiger partial charge on any atom is -0.490 e. The molecule has 6 nitrogen and oxygen atoms in total. The molecule has 2 rings (SSSR count). The Morgan fingerprint density at radius 1 is 1.36 bits per heavy atom. The molecular formula is C18H24ClNO5. The summed E-state index contributed by atoms with van der Waals surface area (Å²) in [6.45, 7) is 2.00. The summed E-state index contributed by atoms with van der Waals surface area (Å²) in [4.78, 5) is 25.5. The molecule has 0 bridgehead atoms. The van der Waals surface area contributed by atoms with Crippen LogP contribution in [0.3, 0.4) is 0 Å². The van der Waals surface area contributed by atoms with Gasteiger partial charge in [0, 0.05) is 31.6 Å². The van der Waals surface area contributed by atoms with Crippen molar-refractivity contribution in [1.82, 2.24) is 4.90 Å². The van der Waals surface area contributed by atoms with Crippen LogP contribution < -0.4 is 4.74 Å². The van der Waals surface area contributed by atoms with Crippen LogP contribution in [-0.2, 0) is 9.53 Å². The fourth-order valence-corrected chi connectivity index (χ4v) is 3.19. The SMILES string of the molecule is COCCOc1ccc(Cl)cc1C(=O)N1CCCC(CCC(=O)O)C1. The van der Waals surface area contributed by atoms with E-state index in [1.165, 1.54) is 0 Å². The maximum absolute atomic E-state index is 12.9. The summed E-state index contributed by atoms with van der Waals surface area (Å²) >= 11 is 6.06. The van der Waals surface area contributed by atoms with Crippen LogP contribution >= 0.6 is 11.6 Å². The predicted molar refractivity (Wildman–Crippen MR) is 94.3 cm³/mol. The zero-order chi connectivity index (χ0) is 18.2. The van der Waals surface area contributed by atoms with E-state index in [9.17, 15) is 9.59 Å². The zero-order valence-corrected chi connectivity index (χ0v) is 15.1. The number of likely N-dealkylation sites (tertiary alicyclic amines) is 1. The number of hydrogen-bond donors (Lipinski definition) is 1. The molecule has 7 heteroatoms. The highest BCUT2D eigenvalue weighted by Gasteiger charge is 2.26. The van der Waals surface area contributed by atoms with Gasteiger partial charge in [0.25, 0.3) is 5.91 Å². The molecule has 0 saturated carbocycles. The van der Waals surface area contributed by atoms with Gasteiger partial charge in [0.05, 0.1) is 12.2 Å². The Hall–Kier alpha value is -1.79. The number of ether oxygens (including phenoxy) is 2. The summed E-state index contributed by atoms with van der Waals surface area (Å²) < 4.78 is 10.6. The quantitative estimate of drug-likeness (QED) is 0.712. The monoisotopic (exact) mass is 369 g/mol. The number of carbonyl (C=O) groups excluding carboxylic acids is 1. The number of amides is 1. The van der Waals surface area contributed by atoms with E-state index in [1.807, 2.05) is 0 Å². The number of hydrogen-bond acceptors (Lipinski definition) is 4. The predicted octanol–water partition coefficient (Wildman–Crippen LogP) is 3.08. The molecule has 1 atom stereocenters. The van der Waals surface area contributed by atoms with E-state index < -0.39 is 5.97 Å². The number of carbonyl (C=O) groups is 2. The highest BCUT2D eigenvalue weighted by molar-refractivity contribution is 6.31. The van der Waals surface area contributed by atoms with Crippen molar-refractivity contribution in [2.75, 3.05) is 33.4 Å². The molecule has 1 unspecified atom stereocenters.